The van der Waals surface area contributed by atoms with Crippen LogP contribution in [0.15, 0.2) is 53.3 Å². The monoisotopic (exact) mass is 539 g/mol. The first-order chi connectivity index (χ1) is 18.6. The Bertz CT molecular complexity index is 1560. The minimum Gasteiger partial charge on any atom is -0.304 e. The smallest absolute Gasteiger partial charge is 0.304 e. The Balaban J connectivity index is 1.48. The second-order valence-corrected chi connectivity index (χ2v) is 13.4. The van der Waals surface area contributed by atoms with E-state index < -0.39 is 17.8 Å². The molecule has 7 rings (SSSR count). The van der Waals surface area contributed by atoms with Gasteiger partial charge in [0.2, 0.25) is 0 Å². The number of hydrogen-bond acceptors (Lipinski definition) is 5. The third-order valence-corrected chi connectivity index (χ3v) is 10.7. The molecule has 200 valence electrons. The molecular formula is C32H33N3O3S. The second kappa shape index (κ2) is 8.04. The molecule has 0 bridgehead atoms. The molecule has 4 amide bonds. The van der Waals surface area contributed by atoms with Crippen molar-refractivity contribution in [3.8, 4) is 0 Å². The normalized spacial score (nSPS) is 24.4. The molecule has 39 heavy (non-hydrogen) atoms. The van der Waals surface area contributed by atoms with E-state index in [2.05, 4.69) is 62.1 Å². The minimum absolute atomic E-state index is 0.0331. The van der Waals surface area contributed by atoms with Gasteiger partial charge in [0, 0.05) is 35.5 Å². The molecule has 1 unspecified atom stereocenters. The lowest BCUT2D eigenvalue weighted by molar-refractivity contribution is -0.134. The van der Waals surface area contributed by atoms with Crippen LogP contribution in [0.3, 0.4) is 0 Å². The van der Waals surface area contributed by atoms with Crippen molar-refractivity contribution in [3.63, 3.8) is 0 Å². The molecule has 1 spiro atoms. The molecule has 1 aromatic heterocycles. The number of likely N-dealkylation sites (N-methyl/N-ethyl adjacent to an activating group) is 2. The summed E-state index contributed by atoms with van der Waals surface area (Å²) in [5.74, 6) is -0.653. The zero-order chi connectivity index (χ0) is 27.4. The first kappa shape index (κ1) is 24.6. The van der Waals surface area contributed by atoms with Crippen LogP contribution in [0.2, 0.25) is 0 Å². The highest BCUT2D eigenvalue weighted by atomic mass is 32.1. The predicted octanol–water partition coefficient (Wildman–Crippen LogP) is 6.63. The maximum atomic E-state index is 13.0. The summed E-state index contributed by atoms with van der Waals surface area (Å²) in [6.45, 7) is 6.98. The highest BCUT2D eigenvalue weighted by molar-refractivity contribution is 7.17. The van der Waals surface area contributed by atoms with Gasteiger partial charge in [-0.1, -0.05) is 64.0 Å². The number of carbonyl (C=O) groups excluding carboxylic acids is 3. The van der Waals surface area contributed by atoms with E-state index in [4.69, 9.17) is 0 Å². The van der Waals surface area contributed by atoms with Crippen LogP contribution < -0.4 is 4.90 Å². The van der Waals surface area contributed by atoms with Crippen LogP contribution in [0, 0.1) is 5.92 Å². The lowest BCUT2D eigenvalue weighted by atomic mass is 9.64. The number of barbiturate groups is 1. The van der Waals surface area contributed by atoms with Crippen LogP contribution in [0.4, 0.5) is 15.5 Å². The molecule has 3 aliphatic heterocycles. The van der Waals surface area contributed by atoms with Gasteiger partial charge in [-0.05, 0) is 59.6 Å². The molecule has 0 N–H and O–H groups in total. The van der Waals surface area contributed by atoms with Gasteiger partial charge >= 0.3 is 6.03 Å². The molecule has 2 fully saturated rings. The highest BCUT2D eigenvalue weighted by Crippen LogP contribution is 2.64. The SMILES string of the molecule is CC1C=CC2=C(C1)N1c3sc(C=C4C(=O)N(C)C(=O)N(C)C4=O)cc3C3(CCCC3)c3cccc(c31)C2(C)C. The van der Waals surface area contributed by atoms with E-state index in [1.807, 2.05) is 0 Å². The van der Waals surface area contributed by atoms with Crippen LogP contribution in [0.5, 0.6) is 0 Å². The number of amides is 4. The Kier molecular flexibility index (Phi) is 5.07. The Morgan fingerprint density at radius 1 is 0.974 bits per heavy atom. The predicted molar refractivity (Wildman–Crippen MR) is 154 cm³/mol. The molecular weight excluding hydrogens is 506 g/mol. The number of allylic oxidation sites excluding steroid dienone is 4. The van der Waals surface area contributed by atoms with Crippen molar-refractivity contribution in [1.29, 1.82) is 0 Å². The number of anilines is 2. The number of carbonyl (C=O) groups is 3. The van der Waals surface area contributed by atoms with E-state index in [1.54, 1.807) is 17.4 Å². The number of nitrogens with zero attached hydrogens (tertiary/aromatic N) is 3. The fraction of sp³-hybridized carbons (Fsp3) is 0.406. The fourth-order valence-electron chi connectivity index (χ4n) is 7.56. The molecule has 2 aliphatic carbocycles. The molecule has 5 aliphatic rings. The summed E-state index contributed by atoms with van der Waals surface area (Å²) in [6.07, 6.45) is 11.9. The number of urea groups is 1. The van der Waals surface area contributed by atoms with Gasteiger partial charge in [-0.25, -0.2) is 4.79 Å². The molecule has 1 atom stereocenters. The maximum absolute atomic E-state index is 13.0. The lowest BCUT2D eigenvalue weighted by Gasteiger charge is -2.50. The molecule has 1 aromatic carbocycles. The van der Waals surface area contributed by atoms with Crippen LogP contribution in [-0.2, 0) is 20.4 Å². The summed E-state index contributed by atoms with van der Waals surface area (Å²) in [5.41, 5.74) is 8.02. The van der Waals surface area contributed by atoms with Gasteiger partial charge in [-0.2, -0.15) is 0 Å². The van der Waals surface area contributed by atoms with E-state index in [0.717, 1.165) is 33.9 Å². The van der Waals surface area contributed by atoms with Gasteiger partial charge in [0.15, 0.2) is 0 Å². The summed E-state index contributed by atoms with van der Waals surface area (Å²) >= 11 is 1.66. The number of thiophene rings is 1. The Morgan fingerprint density at radius 2 is 1.64 bits per heavy atom. The number of hydrogen-bond donors (Lipinski definition) is 0. The summed E-state index contributed by atoms with van der Waals surface area (Å²) in [5, 5.41) is 1.21. The number of benzene rings is 1. The van der Waals surface area contributed by atoms with E-state index >= 15 is 0 Å². The third kappa shape index (κ3) is 3.11. The van der Waals surface area contributed by atoms with E-state index in [-0.39, 0.29) is 16.4 Å². The van der Waals surface area contributed by atoms with Crippen molar-refractivity contribution in [2.45, 2.75) is 63.7 Å². The molecule has 2 aromatic rings. The standard InChI is InChI=1S/C32H33N3O3S/c1-18-11-12-21-25(15-18)35-26-22(31(21,2)3)9-8-10-23(26)32(13-6-7-14-32)24-17-19(39-29(24)35)16-20-27(36)33(4)30(38)34(5)28(20)37/h8-12,16-18H,6-7,13-15H2,1-5H3. The van der Waals surface area contributed by atoms with Crippen molar-refractivity contribution >= 4 is 45.9 Å². The molecule has 1 saturated heterocycles. The summed E-state index contributed by atoms with van der Waals surface area (Å²) in [6, 6.07) is 8.48. The van der Waals surface area contributed by atoms with E-state index in [9.17, 15) is 14.4 Å². The molecule has 4 heterocycles. The topological polar surface area (TPSA) is 60.9 Å². The lowest BCUT2D eigenvalue weighted by Crippen LogP contribution is -2.52. The molecule has 6 nitrogen and oxygen atoms in total. The Morgan fingerprint density at radius 3 is 2.33 bits per heavy atom. The van der Waals surface area contributed by atoms with Gasteiger partial charge in [0.05, 0.1) is 5.69 Å². The Hall–Kier alpha value is -3.45. The van der Waals surface area contributed by atoms with Gasteiger partial charge in [-0.15, -0.1) is 11.3 Å². The van der Waals surface area contributed by atoms with Crippen LogP contribution in [0.25, 0.3) is 6.08 Å². The van der Waals surface area contributed by atoms with E-state index in [0.29, 0.717) is 5.92 Å². The highest BCUT2D eigenvalue weighted by Gasteiger charge is 2.51. The average molecular weight is 540 g/mol. The molecule has 0 radical (unpaired) electrons. The van der Waals surface area contributed by atoms with Crippen LogP contribution in [-0.4, -0.2) is 41.7 Å². The maximum Gasteiger partial charge on any atom is 0.333 e. The number of imide groups is 2. The van der Waals surface area contributed by atoms with Crippen molar-refractivity contribution in [2.75, 3.05) is 19.0 Å². The van der Waals surface area contributed by atoms with Gasteiger partial charge < -0.3 is 4.90 Å². The fourth-order valence-corrected chi connectivity index (χ4v) is 8.79. The van der Waals surface area contributed by atoms with Crippen LogP contribution >= 0.6 is 11.3 Å². The largest absolute Gasteiger partial charge is 0.333 e. The van der Waals surface area contributed by atoms with Gasteiger partial charge in [-0.3, -0.25) is 19.4 Å². The summed E-state index contributed by atoms with van der Waals surface area (Å²) in [7, 11) is 2.85. The molecule has 7 heteroatoms. The quantitative estimate of drug-likeness (QED) is 0.301. The minimum atomic E-state index is -0.601. The number of para-hydroxylation sites is 1. The van der Waals surface area contributed by atoms with E-state index in [1.165, 1.54) is 65.6 Å². The second-order valence-electron chi connectivity index (χ2n) is 12.3. The third-order valence-electron chi connectivity index (χ3n) is 9.65. The zero-order valence-corrected chi connectivity index (χ0v) is 23.9. The first-order valence-electron chi connectivity index (χ1n) is 13.9. The first-order valence-corrected chi connectivity index (χ1v) is 14.7. The van der Waals surface area contributed by atoms with Crippen molar-refractivity contribution in [1.82, 2.24) is 9.80 Å². The van der Waals surface area contributed by atoms with Crippen molar-refractivity contribution in [3.05, 3.63) is 74.8 Å². The summed E-state index contributed by atoms with van der Waals surface area (Å²) < 4.78 is 0. The van der Waals surface area contributed by atoms with Gasteiger partial charge in [0.1, 0.15) is 10.6 Å². The zero-order valence-electron chi connectivity index (χ0n) is 23.1. The van der Waals surface area contributed by atoms with Gasteiger partial charge in [0.25, 0.3) is 11.8 Å². The molecule has 1 saturated carbocycles. The Labute approximate surface area is 233 Å². The average Bonchev–Trinajstić information content (AvgIpc) is 3.57. The van der Waals surface area contributed by atoms with Crippen LogP contribution in [0.1, 0.15) is 74.4 Å². The summed E-state index contributed by atoms with van der Waals surface area (Å²) in [4.78, 5) is 43.7. The van der Waals surface area contributed by atoms with Crippen molar-refractivity contribution < 1.29 is 14.4 Å². The number of rotatable bonds is 1. The van der Waals surface area contributed by atoms with Crippen molar-refractivity contribution in [2.24, 2.45) is 5.92 Å². The number of fused-ring (bicyclic) bond motifs is 5.